The van der Waals surface area contributed by atoms with E-state index in [0.29, 0.717) is 33.3 Å². The van der Waals surface area contributed by atoms with Crippen molar-refractivity contribution in [1.29, 1.82) is 0 Å². The first kappa shape index (κ1) is 22.1. The summed E-state index contributed by atoms with van der Waals surface area (Å²) in [5.41, 5.74) is 3.16. The molecule has 4 aromatic rings. The number of nitrogens with zero attached hydrogens (tertiary/aromatic N) is 2. The second-order valence-corrected chi connectivity index (χ2v) is 8.83. The molecule has 0 fully saturated rings. The molecule has 0 spiro atoms. The van der Waals surface area contributed by atoms with Crippen LogP contribution in [0.15, 0.2) is 63.1 Å². The van der Waals surface area contributed by atoms with Gasteiger partial charge in [-0.15, -0.1) is 0 Å². The molecule has 8 nitrogen and oxygen atoms in total. The lowest BCUT2D eigenvalue weighted by atomic mass is 10.1. The van der Waals surface area contributed by atoms with E-state index in [1.807, 2.05) is 25.1 Å². The monoisotopic (exact) mass is 477 g/mol. The zero-order valence-electron chi connectivity index (χ0n) is 18.8. The molecule has 9 heteroatoms. The molecule has 1 aliphatic heterocycles. The summed E-state index contributed by atoms with van der Waals surface area (Å²) < 4.78 is 17.8. The van der Waals surface area contributed by atoms with E-state index in [1.165, 1.54) is 16.3 Å². The van der Waals surface area contributed by atoms with Crippen molar-refractivity contribution in [2.24, 2.45) is 0 Å². The third-order valence-corrected chi connectivity index (χ3v) is 6.62. The molecule has 0 unspecified atom stereocenters. The Morgan fingerprint density at radius 2 is 2.00 bits per heavy atom. The smallest absolute Gasteiger partial charge is 0.262 e. The van der Waals surface area contributed by atoms with Crippen LogP contribution in [-0.2, 0) is 17.8 Å². The van der Waals surface area contributed by atoms with E-state index in [9.17, 15) is 9.59 Å². The summed E-state index contributed by atoms with van der Waals surface area (Å²) in [5.74, 6) is 1.60. The highest BCUT2D eigenvalue weighted by molar-refractivity contribution is 7.99. The number of amides is 1. The van der Waals surface area contributed by atoms with Crippen molar-refractivity contribution in [3.05, 3.63) is 76.0 Å². The number of aryl methyl sites for hydroxylation is 2. The van der Waals surface area contributed by atoms with Gasteiger partial charge in [-0.25, -0.2) is 4.98 Å². The summed E-state index contributed by atoms with van der Waals surface area (Å²) in [6.07, 6.45) is 2.37. The van der Waals surface area contributed by atoms with Crippen molar-refractivity contribution in [3.8, 4) is 11.5 Å². The van der Waals surface area contributed by atoms with Crippen molar-refractivity contribution < 1.29 is 18.7 Å². The van der Waals surface area contributed by atoms with Crippen LogP contribution in [0.5, 0.6) is 11.5 Å². The minimum Gasteiger partial charge on any atom is -0.467 e. The maximum absolute atomic E-state index is 13.4. The first-order valence-electron chi connectivity index (χ1n) is 10.9. The molecule has 0 saturated carbocycles. The van der Waals surface area contributed by atoms with Gasteiger partial charge in [0.1, 0.15) is 5.76 Å². The normalized spacial score (nSPS) is 12.3. The lowest BCUT2D eigenvalue weighted by Gasteiger charge is -2.14. The Morgan fingerprint density at radius 1 is 1.18 bits per heavy atom. The highest BCUT2D eigenvalue weighted by Gasteiger charge is 2.20. The van der Waals surface area contributed by atoms with Crippen LogP contribution in [0, 0.1) is 6.92 Å². The highest BCUT2D eigenvalue weighted by atomic mass is 32.2. The number of carbonyl (C=O) groups excluding carboxylic acids is 1. The number of ether oxygens (including phenoxy) is 2. The Balaban J connectivity index is 1.46. The van der Waals surface area contributed by atoms with Crippen LogP contribution in [0.3, 0.4) is 0 Å². The number of fused-ring (bicyclic) bond motifs is 2. The fraction of sp³-hybridized carbons (Fsp3) is 0.240. The van der Waals surface area contributed by atoms with Crippen LogP contribution in [0.4, 0.5) is 5.69 Å². The van der Waals surface area contributed by atoms with E-state index in [1.54, 1.807) is 30.5 Å². The fourth-order valence-electron chi connectivity index (χ4n) is 3.91. The molecule has 2 aromatic carbocycles. The van der Waals surface area contributed by atoms with Crippen LogP contribution < -0.4 is 20.3 Å². The minimum atomic E-state index is -0.241. The van der Waals surface area contributed by atoms with Gasteiger partial charge in [0, 0.05) is 11.8 Å². The average Bonchev–Trinajstić information content (AvgIpc) is 3.51. The number of hydrogen-bond donors (Lipinski definition) is 1. The number of rotatable bonds is 7. The molecule has 0 aliphatic carbocycles. The molecular weight excluding hydrogens is 454 g/mol. The summed E-state index contributed by atoms with van der Waals surface area (Å²) >= 11 is 1.20. The maximum Gasteiger partial charge on any atom is 0.262 e. The molecule has 1 amide bonds. The van der Waals surface area contributed by atoms with E-state index in [-0.39, 0.29) is 30.6 Å². The van der Waals surface area contributed by atoms with Gasteiger partial charge in [-0.3, -0.25) is 14.2 Å². The van der Waals surface area contributed by atoms with Crippen molar-refractivity contribution in [2.45, 2.75) is 32.0 Å². The van der Waals surface area contributed by atoms with E-state index in [2.05, 4.69) is 12.2 Å². The average molecular weight is 478 g/mol. The number of benzene rings is 2. The summed E-state index contributed by atoms with van der Waals surface area (Å²) in [5, 5.41) is 3.85. The van der Waals surface area contributed by atoms with Gasteiger partial charge in [-0.2, -0.15) is 0 Å². The second kappa shape index (κ2) is 9.26. The van der Waals surface area contributed by atoms with Gasteiger partial charge in [0.05, 0.1) is 29.5 Å². The molecule has 34 heavy (non-hydrogen) atoms. The zero-order chi connectivity index (χ0) is 23.7. The van der Waals surface area contributed by atoms with Crippen molar-refractivity contribution in [2.75, 3.05) is 17.9 Å². The minimum absolute atomic E-state index is 0.0954. The standard InChI is InChI=1S/C25H23N3O5S/c1-3-16-7-4-6-15(2)23(16)27-22(29)13-34-25-26-19-11-21-20(32-14-33-21)10-18(19)24(30)28(25)12-17-8-5-9-31-17/h4-11H,3,12-14H2,1-2H3,(H,27,29). The topological polar surface area (TPSA) is 95.6 Å². The summed E-state index contributed by atoms with van der Waals surface area (Å²) in [6.45, 7) is 4.33. The molecule has 0 saturated heterocycles. The molecule has 1 N–H and O–H groups in total. The molecule has 0 atom stereocenters. The second-order valence-electron chi connectivity index (χ2n) is 7.89. The quantitative estimate of drug-likeness (QED) is 0.312. The lowest BCUT2D eigenvalue weighted by Crippen LogP contribution is -2.25. The third kappa shape index (κ3) is 4.26. The lowest BCUT2D eigenvalue weighted by molar-refractivity contribution is -0.113. The maximum atomic E-state index is 13.4. The predicted molar refractivity (Wildman–Crippen MR) is 130 cm³/mol. The van der Waals surface area contributed by atoms with Gasteiger partial charge >= 0.3 is 0 Å². The first-order valence-corrected chi connectivity index (χ1v) is 11.9. The van der Waals surface area contributed by atoms with Gasteiger partial charge in [0.25, 0.3) is 5.56 Å². The van der Waals surface area contributed by atoms with Crippen LogP contribution in [0.1, 0.15) is 23.8 Å². The third-order valence-electron chi connectivity index (χ3n) is 5.64. The highest BCUT2D eigenvalue weighted by Crippen LogP contribution is 2.35. The van der Waals surface area contributed by atoms with Crippen molar-refractivity contribution in [1.82, 2.24) is 9.55 Å². The van der Waals surface area contributed by atoms with Gasteiger partial charge < -0.3 is 19.2 Å². The molecule has 2 aromatic heterocycles. The largest absolute Gasteiger partial charge is 0.467 e. The first-order chi connectivity index (χ1) is 16.5. The van der Waals surface area contributed by atoms with Crippen molar-refractivity contribution in [3.63, 3.8) is 0 Å². The van der Waals surface area contributed by atoms with Crippen LogP contribution in [0.2, 0.25) is 0 Å². The van der Waals surface area contributed by atoms with E-state index >= 15 is 0 Å². The SMILES string of the molecule is CCc1cccc(C)c1NC(=O)CSc1nc2cc3c(cc2c(=O)n1Cc1ccco1)OCO3. The van der Waals surface area contributed by atoms with Crippen LogP contribution >= 0.6 is 11.8 Å². The molecule has 0 bridgehead atoms. The van der Waals surface area contributed by atoms with Crippen molar-refractivity contribution >= 4 is 34.3 Å². The summed E-state index contributed by atoms with van der Waals surface area (Å²) in [4.78, 5) is 30.9. The molecule has 174 valence electrons. The van der Waals surface area contributed by atoms with Gasteiger partial charge in [-0.1, -0.05) is 36.9 Å². The number of hydrogen-bond acceptors (Lipinski definition) is 7. The number of carbonyl (C=O) groups is 1. The van der Waals surface area contributed by atoms with E-state index in [0.717, 1.165) is 23.2 Å². The Labute approximate surface area is 199 Å². The predicted octanol–water partition coefficient (Wildman–Crippen LogP) is 4.37. The van der Waals surface area contributed by atoms with E-state index in [4.69, 9.17) is 18.9 Å². The number of furan rings is 1. The number of aromatic nitrogens is 2. The molecule has 1 aliphatic rings. The molecule has 5 rings (SSSR count). The zero-order valence-corrected chi connectivity index (χ0v) is 19.6. The Bertz CT molecular complexity index is 1430. The molecular formula is C25H23N3O5S. The number of thioether (sulfide) groups is 1. The Hall–Kier alpha value is -3.72. The number of nitrogens with one attached hydrogen (secondary N) is 1. The Kier molecular flexibility index (Phi) is 6.02. The molecule has 3 heterocycles. The van der Waals surface area contributed by atoms with E-state index < -0.39 is 0 Å². The van der Waals surface area contributed by atoms with Gasteiger partial charge in [0.2, 0.25) is 12.7 Å². The number of para-hydroxylation sites is 1. The van der Waals surface area contributed by atoms with Gasteiger partial charge in [-0.05, 0) is 42.7 Å². The van der Waals surface area contributed by atoms with Crippen LogP contribution in [0.25, 0.3) is 10.9 Å². The Morgan fingerprint density at radius 3 is 2.76 bits per heavy atom. The van der Waals surface area contributed by atoms with Crippen LogP contribution in [-0.4, -0.2) is 28.0 Å². The van der Waals surface area contributed by atoms with Gasteiger partial charge in [0.15, 0.2) is 16.7 Å². The molecule has 0 radical (unpaired) electrons. The summed E-state index contributed by atoms with van der Waals surface area (Å²) in [6, 6.07) is 12.9. The summed E-state index contributed by atoms with van der Waals surface area (Å²) in [7, 11) is 0. The number of anilines is 1. The fourth-order valence-corrected chi connectivity index (χ4v) is 4.70.